The van der Waals surface area contributed by atoms with Crippen LogP contribution in [0, 0.1) is 11.8 Å². The largest absolute Gasteiger partial charge is 0.478 e. The lowest BCUT2D eigenvalue weighted by Gasteiger charge is -2.12. The Bertz CT molecular complexity index is 763. The Morgan fingerprint density at radius 1 is 0.857 bits per heavy atom. The highest BCUT2D eigenvalue weighted by atomic mass is 16.6. The van der Waals surface area contributed by atoms with E-state index in [4.69, 9.17) is 14.6 Å². The van der Waals surface area contributed by atoms with E-state index in [9.17, 15) is 24.3 Å². The van der Waals surface area contributed by atoms with Gasteiger partial charge in [-0.15, -0.1) is 0 Å². The van der Waals surface area contributed by atoms with Crippen LogP contribution in [0.25, 0.3) is 6.08 Å². The first-order chi connectivity index (χ1) is 13.0. The van der Waals surface area contributed by atoms with Crippen LogP contribution in [0.5, 0.6) is 0 Å². The monoisotopic (exact) mass is 392 g/mol. The molecule has 0 aliphatic rings. The van der Waals surface area contributed by atoms with Gasteiger partial charge >= 0.3 is 23.9 Å². The molecule has 0 fully saturated rings. The van der Waals surface area contributed by atoms with E-state index in [-0.39, 0.29) is 30.6 Å². The van der Waals surface area contributed by atoms with Crippen molar-refractivity contribution in [2.24, 2.45) is 11.8 Å². The number of carboxylic acids is 2. The van der Waals surface area contributed by atoms with Crippen LogP contribution in [0.3, 0.4) is 0 Å². The fraction of sp³-hybridized carbons (Fsp3) is 0.400. The number of carbonyl (C=O) groups is 4. The summed E-state index contributed by atoms with van der Waals surface area (Å²) in [6.45, 7) is 7.50. The standard InChI is InChI=1S/C20H24O8/c1-11(2)9-27-19(25)16(20(26)28-10-12(3)4)8-13-5-6-14(17(21)22)15(7-13)18(23)24/h5-8,11-12H,9-10H2,1-4H3,(H,21,22)(H,23,24). The summed E-state index contributed by atoms with van der Waals surface area (Å²) < 4.78 is 10.2. The zero-order chi connectivity index (χ0) is 21.4. The molecule has 0 radical (unpaired) electrons. The minimum absolute atomic E-state index is 0.0466. The van der Waals surface area contributed by atoms with Crippen LogP contribution in [0.15, 0.2) is 23.8 Å². The number of esters is 2. The topological polar surface area (TPSA) is 127 Å². The van der Waals surface area contributed by atoms with Crippen molar-refractivity contribution < 1.29 is 38.9 Å². The van der Waals surface area contributed by atoms with Gasteiger partial charge in [0, 0.05) is 0 Å². The SMILES string of the molecule is CC(C)COC(=O)C(=Cc1ccc(C(=O)O)c(C(=O)O)c1)C(=O)OCC(C)C. The third-order valence-corrected chi connectivity index (χ3v) is 3.35. The molecule has 1 rings (SSSR count). The summed E-state index contributed by atoms with van der Waals surface area (Å²) in [6, 6.07) is 3.45. The molecule has 0 heterocycles. The summed E-state index contributed by atoms with van der Waals surface area (Å²) in [5.41, 5.74) is -1.12. The van der Waals surface area contributed by atoms with Crippen molar-refractivity contribution in [3.63, 3.8) is 0 Å². The summed E-state index contributed by atoms with van der Waals surface area (Å²) in [5.74, 6) is -4.56. The zero-order valence-corrected chi connectivity index (χ0v) is 16.2. The van der Waals surface area contributed by atoms with Crippen LogP contribution in [0.2, 0.25) is 0 Å². The van der Waals surface area contributed by atoms with E-state index in [0.29, 0.717) is 0 Å². The summed E-state index contributed by atoms with van der Waals surface area (Å²) >= 11 is 0. The van der Waals surface area contributed by atoms with E-state index in [2.05, 4.69) is 0 Å². The molecular formula is C20H24O8. The van der Waals surface area contributed by atoms with E-state index < -0.39 is 40.6 Å². The second kappa shape index (κ2) is 10.2. The number of carboxylic acid groups (broad SMARTS) is 2. The summed E-state index contributed by atoms with van der Waals surface area (Å²) in [5, 5.41) is 18.3. The molecule has 8 heteroatoms. The number of aromatic carboxylic acids is 2. The van der Waals surface area contributed by atoms with Gasteiger partial charge in [0.1, 0.15) is 5.57 Å². The van der Waals surface area contributed by atoms with Crippen molar-refractivity contribution in [1.29, 1.82) is 0 Å². The highest BCUT2D eigenvalue weighted by Crippen LogP contribution is 2.17. The van der Waals surface area contributed by atoms with Crippen LogP contribution in [0.4, 0.5) is 0 Å². The van der Waals surface area contributed by atoms with Crippen LogP contribution in [-0.4, -0.2) is 47.3 Å². The van der Waals surface area contributed by atoms with Crippen LogP contribution in [-0.2, 0) is 19.1 Å². The summed E-state index contributed by atoms with van der Waals surface area (Å²) in [4.78, 5) is 47.1. The fourth-order valence-corrected chi connectivity index (χ4v) is 2.02. The molecule has 0 aliphatic carbocycles. The van der Waals surface area contributed by atoms with Gasteiger partial charge in [0.25, 0.3) is 0 Å². The maximum Gasteiger partial charge on any atom is 0.345 e. The van der Waals surface area contributed by atoms with Crippen molar-refractivity contribution >= 4 is 30.0 Å². The molecule has 28 heavy (non-hydrogen) atoms. The maximum absolute atomic E-state index is 12.3. The highest BCUT2D eigenvalue weighted by molar-refractivity contribution is 6.17. The predicted octanol–water partition coefficient (Wildman–Crippen LogP) is 2.86. The van der Waals surface area contributed by atoms with Gasteiger partial charge in [0.2, 0.25) is 0 Å². The van der Waals surface area contributed by atoms with E-state index >= 15 is 0 Å². The lowest BCUT2D eigenvalue weighted by Crippen LogP contribution is -2.21. The van der Waals surface area contributed by atoms with E-state index in [1.54, 1.807) is 0 Å². The first-order valence-corrected chi connectivity index (χ1v) is 8.69. The van der Waals surface area contributed by atoms with E-state index in [1.165, 1.54) is 6.07 Å². The number of rotatable bonds is 9. The molecule has 1 aromatic rings. The Balaban J connectivity index is 3.31. The van der Waals surface area contributed by atoms with Crippen molar-refractivity contribution in [1.82, 2.24) is 0 Å². The summed E-state index contributed by atoms with van der Waals surface area (Å²) in [7, 11) is 0. The number of carbonyl (C=O) groups excluding carboxylic acids is 2. The Hall–Kier alpha value is -3.16. The van der Waals surface area contributed by atoms with E-state index in [1.807, 2.05) is 27.7 Å². The number of hydrogen-bond donors (Lipinski definition) is 2. The van der Waals surface area contributed by atoms with Crippen molar-refractivity contribution in [2.45, 2.75) is 27.7 Å². The molecule has 0 amide bonds. The Kier molecular flexibility index (Phi) is 8.37. The van der Waals surface area contributed by atoms with Gasteiger partial charge in [-0.25, -0.2) is 19.2 Å². The lowest BCUT2D eigenvalue weighted by molar-refractivity contribution is -0.148. The minimum atomic E-state index is -1.45. The molecular weight excluding hydrogens is 368 g/mol. The number of hydrogen-bond acceptors (Lipinski definition) is 6. The van der Waals surface area contributed by atoms with Crippen LogP contribution < -0.4 is 0 Å². The Morgan fingerprint density at radius 2 is 1.32 bits per heavy atom. The smallest absolute Gasteiger partial charge is 0.345 e. The summed E-state index contributed by atoms with van der Waals surface area (Å²) in [6.07, 6.45) is 1.13. The molecule has 8 nitrogen and oxygen atoms in total. The van der Waals surface area contributed by atoms with Crippen LogP contribution in [0.1, 0.15) is 54.0 Å². The molecule has 0 saturated heterocycles. The van der Waals surface area contributed by atoms with Gasteiger partial charge in [0.05, 0.1) is 24.3 Å². The van der Waals surface area contributed by atoms with Crippen molar-refractivity contribution in [2.75, 3.05) is 13.2 Å². The predicted molar refractivity (Wildman–Crippen MR) is 99.9 cm³/mol. The highest BCUT2D eigenvalue weighted by Gasteiger charge is 2.23. The first kappa shape index (κ1) is 22.9. The molecule has 0 saturated carbocycles. The third-order valence-electron chi connectivity index (χ3n) is 3.35. The molecule has 0 atom stereocenters. The minimum Gasteiger partial charge on any atom is -0.478 e. The van der Waals surface area contributed by atoms with Crippen LogP contribution >= 0.6 is 0 Å². The van der Waals surface area contributed by atoms with Crippen molar-refractivity contribution in [3.05, 3.63) is 40.5 Å². The van der Waals surface area contributed by atoms with Gasteiger partial charge in [-0.05, 0) is 35.6 Å². The molecule has 0 spiro atoms. The Labute approximate surface area is 162 Å². The number of ether oxygens (including phenoxy) is 2. The fourth-order valence-electron chi connectivity index (χ4n) is 2.02. The Morgan fingerprint density at radius 3 is 1.71 bits per heavy atom. The van der Waals surface area contributed by atoms with Gasteiger partial charge in [-0.3, -0.25) is 0 Å². The normalized spacial score (nSPS) is 10.5. The first-order valence-electron chi connectivity index (χ1n) is 8.69. The molecule has 152 valence electrons. The second-order valence-electron chi connectivity index (χ2n) is 6.96. The average molecular weight is 392 g/mol. The molecule has 2 N–H and O–H groups in total. The lowest BCUT2D eigenvalue weighted by atomic mass is 10.0. The molecule has 0 aliphatic heterocycles. The van der Waals surface area contributed by atoms with Gasteiger partial charge in [-0.1, -0.05) is 33.8 Å². The quantitative estimate of drug-likeness (QED) is 0.284. The van der Waals surface area contributed by atoms with Crippen molar-refractivity contribution in [3.8, 4) is 0 Å². The van der Waals surface area contributed by atoms with Gasteiger partial charge in [-0.2, -0.15) is 0 Å². The third kappa shape index (κ3) is 6.86. The van der Waals surface area contributed by atoms with Gasteiger partial charge in [0.15, 0.2) is 0 Å². The number of benzene rings is 1. The zero-order valence-electron chi connectivity index (χ0n) is 16.2. The second-order valence-corrected chi connectivity index (χ2v) is 6.96. The molecule has 0 unspecified atom stereocenters. The van der Waals surface area contributed by atoms with Gasteiger partial charge < -0.3 is 19.7 Å². The van der Waals surface area contributed by atoms with E-state index in [0.717, 1.165) is 18.2 Å². The molecule has 0 aromatic heterocycles. The molecule has 1 aromatic carbocycles. The average Bonchev–Trinajstić information content (AvgIpc) is 2.61. The molecule has 0 bridgehead atoms. The maximum atomic E-state index is 12.3.